The van der Waals surface area contributed by atoms with Gasteiger partial charge in [-0.05, 0) is 44.2 Å². The lowest BCUT2D eigenvalue weighted by Gasteiger charge is -2.37. The van der Waals surface area contributed by atoms with Crippen LogP contribution in [0, 0.1) is 11.8 Å². The molecule has 5 rings (SSSR count). The van der Waals surface area contributed by atoms with Crippen LogP contribution < -0.4 is 10.6 Å². The largest absolute Gasteiger partial charge is 0.394 e. The summed E-state index contributed by atoms with van der Waals surface area (Å²) in [5.41, 5.74) is 1.77. The van der Waals surface area contributed by atoms with Gasteiger partial charge in [-0.1, -0.05) is 74.0 Å². The molecule has 3 aliphatic rings. The number of aliphatic hydroxyl groups excluding tert-OH is 1. The molecule has 208 valence electrons. The minimum Gasteiger partial charge on any atom is -0.394 e. The van der Waals surface area contributed by atoms with Gasteiger partial charge in [0.05, 0.1) is 29.2 Å². The van der Waals surface area contributed by atoms with Gasteiger partial charge in [-0.15, -0.1) is 11.8 Å². The van der Waals surface area contributed by atoms with Crippen LogP contribution in [0.25, 0.3) is 0 Å². The number of nitrogens with zero attached hydrogens (tertiary/aromatic N) is 1. The number of hydrogen-bond donors (Lipinski definition) is 3. The third-order valence-corrected chi connectivity index (χ3v) is 10.8. The van der Waals surface area contributed by atoms with Crippen molar-refractivity contribution in [3.8, 4) is 0 Å². The van der Waals surface area contributed by atoms with Crippen LogP contribution in [-0.4, -0.2) is 55.9 Å². The molecular weight excluding hydrogens is 510 g/mol. The molecule has 3 unspecified atom stereocenters. The van der Waals surface area contributed by atoms with E-state index in [1.54, 1.807) is 16.7 Å². The lowest BCUT2D eigenvalue weighted by Crippen LogP contribution is -2.56. The molecule has 3 saturated heterocycles. The molecule has 1 spiro atoms. The number of rotatable bonds is 10. The minimum absolute atomic E-state index is 0.0386. The fourth-order valence-electron chi connectivity index (χ4n) is 7.15. The van der Waals surface area contributed by atoms with Gasteiger partial charge in [-0.3, -0.25) is 14.4 Å². The maximum absolute atomic E-state index is 14.4. The Hall–Kier alpha value is -2.84. The Balaban J connectivity index is 1.52. The van der Waals surface area contributed by atoms with Crippen LogP contribution in [0.3, 0.4) is 0 Å². The molecule has 8 heteroatoms. The first kappa shape index (κ1) is 27.7. The van der Waals surface area contributed by atoms with Crippen LogP contribution in [0.5, 0.6) is 0 Å². The van der Waals surface area contributed by atoms with Crippen molar-refractivity contribution in [3.63, 3.8) is 0 Å². The monoisotopic (exact) mass is 549 g/mol. The molecule has 3 fully saturated rings. The van der Waals surface area contributed by atoms with E-state index in [1.165, 1.54) is 0 Å². The maximum atomic E-state index is 14.4. The lowest BCUT2D eigenvalue weighted by atomic mass is 9.66. The van der Waals surface area contributed by atoms with Crippen molar-refractivity contribution in [2.24, 2.45) is 11.8 Å². The second-order valence-electron chi connectivity index (χ2n) is 11.5. The molecule has 3 N–H and O–H groups in total. The van der Waals surface area contributed by atoms with Crippen LogP contribution in [-0.2, 0) is 20.9 Å². The number of fused-ring (bicyclic) bond motifs is 1. The van der Waals surface area contributed by atoms with E-state index in [-0.39, 0.29) is 30.4 Å². The summed E-state index contributed by atoms with van der Waals surface area (Å²) in [4.78, 5) is 43.9. The molecule has 0 aromatic heterocycles. The Kier molecular flexibility index (Phi) is 7.80. The van der Waals surface area contributed by atoms with Crippen LogP contribution in [0.1, 0.15) is 63.6 Å². The number of aliphatic hydroxyl groups is 1. The summed E-state index contributed by atoms with van der Waals surface area (Å²) in [6, 6.07) is 17.6. The first-order chi connectivity index (χ1) is 18.8. The van der Waals surface area contributed by atoms with Crippen LogP contribution in [0.15, 0.2) is 60.7 Å². The highest BCUT2D eigenvalue weighted by Crippen LogP contribution is 2.72. The molecular formula is C31H39N3O4S. The standard InChI is InChI=1S/C31H39N3O4S/c1-4-11-20(2)33-28(37)26-31-17-16-30(3,39-31)24(27(36)32-18-21-12-7-5-8-13-21)25(31)29(38)34(26)23(19-35)22-14-9-6-10-15-22/h5-10,12-15,20,23-26,35H,4,11,16-19H2,1-3H3,(H,32,36)(H,33,37)/t20?,23-,24-,25+,26?,30+,31?/m1/s1. The molecule has 3 heterocycles. The molecule has 39 heavy (non-hydrogen) atoms. The highest BCUT2D eigenvalue weighted by molar-refractivity contribution is 8.02. The van der Waals surface area contributed by atoms with E-state index in [1.807, 2.05) is 67.6 Å². The summed E-state index contributed by atoms with van der Waals surface area (Å²) in [5, 5.41) is 16.8. The Morgan fingerprint density at radius 3 is 2.38 bits per heavy atom. The molecule has 0 radical (unpaired) electrons. The van der Waals surface area contributed by atoms with E-state index in [2.05, 4.69) is 24.5 Å². The van der Waals surface area contributed by atoms with Gasteiger partial charge < -0.3 is 20.6 Å². The van der Waals surface area contributed by atoms with Crippen molar-refractivity contribution < 1.29 is 19.5 Å². The third-order valence-electron chi connectivity index (χ3n) is 8.86. The Morgan fingerprint density at radius 1 is 1.08 bits per heavy atom. The summed E-state index contributed by atoms with van der Waals surface area (Å²) in [5.74, 6) is -1.74. The number of amides is 3. The van der Waals surface area contributed by atoms with Crippen molar-refractivity contribution in [1.29, 1.82) is 0 Å². The summed E-state index contributed by atoms with van der Waals surface area (Å²) in [6.45, 7) is 6.22. The van der Waals surface area contributed by atoms with E-state index in [0.29, 0.717) is 13.0 Å². The second kappa shape index (κ2) is 11.0. The number of carbonyl (C=O) groups excluding carboxylic acids is 3. The first-order valence-corrected chi connectivity index (χ1v) is 14.9. The van der Waals surface area contributed by atoms with Crippen molar-refractivity contribution >= 4 is 29.5 Å². The Labute approximate surface area is 235 Å². The fraction of sp³-hybridized carbons (Fsp3) is 0.516. The average molecular weight is 550 g/mol. The molecule has 3 aliphatic heterocycles. The van der Waals surface area contributed by atoms with E-state index in [4.69, 9.17) is 0 Å². The van der Waals surface area contributed by atoms with Crippen molar-refractivity contribution in [1.82, 2.24) is 15.5 Å². The number of nitrogens with one attached hydrogen (secondary N) is 2. The highest BCUT2D eigenvalue weighted by atomic mass is 32.2. The predicted molar refractivity (Wildman–Crippen MR) is 153 cm³/mol. The molecule has 7 nitrogen and oxygen atoms in total. The zero-order valence-corrected chi connectivity index (χ0v) is 23.7. The van der Waals surface area contributed by atoms with Gasteiger partial charge in [0.25, 0.3) is 0 Å². The van der Waals surface area contributed by atoms with E-state index in [9.17, 15) is 19.5 Å². The summed E-state index contributed by atoms with van der Waals surface area (Å²) >= 11 is 1.65. The number of thioether (sulfide) groups is 1. The van der Waals surface area contributed by atoms with E-state index in [0.717, 1.165) is 30.4 Å². The number of hydrogen-bond acceptors (Lipinski definition) is 5. The molecule has 0 aliphatic carbocycles. The molecule has 2 bridgehead atoms. The third kappa shape index (κ3) is 4.76. The highest BCUT2D eigenvalue weighted by Gasteiger charge is 2.77. The van der Waals surface area contributed by atoms with Gasteiger partial charge in [0.15, 0.2) is 0 Å². The summed E-state index contributed by atoms with van der Waals surface area (Å²) < 4.78 is -1.17. The van der Waals surface area contributed by atoms with Gasteiger partial charge in [-0.2, -0.15) is 0 Å². The van der Waals surface area contributed by atoms with E-state index < -0.39 is 33.4 Å². The lowest BCUT2D eigenvalue weighted by molar-refractivity contribution is -0.143. The van der Waals surface area contributed by atoms with Gasteiger partial charge in [-0.25, -0.2) is 0 Å². The van der Waals surface area contributed by atoms with Gasteiger partial charge >= 0.3 is 0 Å². The zero-order valence-electron chi connectivity index (χ0n) is 22.9. The van der Waals surface area contributed by atoms with Crippen LogP contribution in [0.4, 0.5) is 0 Å². The zero-order chi connectivity index (χ0) is 27.8. The van der Waals surface area contributed by atoms with Crippen LogP contribution >= 0.6 is 11.8 Å². The van der Waals surface area contributed by atoms with E-state index >= 15 is 0 Å². The van der Waals surface area contributed by atoms with Gasteiger partial charge in [0.1, 0.15) is 6.04 Å². The Bertz CT molecular complexity index is 1210. The minimum atomic E-state index is -0.773. The first-order valence-electron chi connectivity index (χ1n) is 14.1. The summed E-state index contributed by atoms with van der Waals surface area (Å²) in [6.07, 6.45) is 3.20. The molecule has 2 aromatic carbocycles. The van der Waals surface area contributed by atoms with Crippen molar-refractivity contribution in [2.75, 3.05) is 6.61 Å². The average Bonchev–Trinajstić information content (AvgIpc) is 3.50. The second-order valence-corrected chi connectivity index (χ2v) is 13.4. The SMILES string of the molecule is CCCC(C)NC(=O)C1N([C@H](CO)c2ccccc2)C(=O)[C@@H]2[C@H](C(=O)NCc3ccccc3)[C@]3(C)CCC12S3. The normalized spacial score (nSPS) is 30.6. The molecule has 3 amide bonds. The topological polar surface area (TPSA) is 98.7 Å². The maximum Gasteiger partial charge on any atom is 0.244 e. The number of benzene rings is 2. The molecule has 7 atom stereocenters. The van der Waals surface area contributed by atoms with Gasteiger partial charge in [0.2, 0.25) is 17.7 Å². The number of carbonyl (C=O) groups is 3. The van der Waals surface area contributed by atoms with Crippen LogP contribution in [0.2, 0.25) is 0 Å². The van der Waals surface area contributed by atoms with Crippen molar-refractivity contribution in [2.45, 2.75) is 80.6 Å². The molecule has 0 saturated carbocycles. The number of likely N-dealkylation sites (tertiary alicyclic amines) is 1. The smallest absolute Gasteiger partial charge is 0.244 e. The fourth-order valence-corrected chi connectivity index (χ4v) is 9.49. The molecule has 2 aromatic rings. The predicted octanol–water partition coefficient (Wildman–Crippen LogP) is 3.82. The quantitative estimate of drug-likeness (QED) is 0.419. The summed E-state index contributed by atoms with van der Waals surface area (Å²) in [7, 11) is 0. The Morgan fingerprint density at radius 2 is 1.74 bits per heavy atom. The van der Waals surface area contributed by atoms with Gasteiger partial charge in [0, 0.05) is 17.3 Å². The van der Waals surface area contributed by atoms with Crippen molar-refractivity contribution in [3.05, 3.63) is 71.8 Å².